The number of methoxy groups -OCH3 is 1. The van der Waals surface area contributed by atoms with Gasteiger partial charge in [-0.25, -0.2) is 0 Å². The van der Waals surface area contributed by atoms with Gasteiger partial charge in [-0.3, -0.25) is 14.5 Å². The van der Waals surface area contributed by atoms with Gasteiger partial charge in [0.15, 0.2) is 6.61 Å². The first-order chi connectivity index (χ1) is 16.7. The molecule has 0 radical (unpaired) electrons. The molecule has 2 aliphatic heterocycles. The first-order valence-electron chi connectivity index (χ1n) is 11.5. The molecular formula is C27H27N3O4. The van der Waals surface area contributed by atoms with E-state index in [4.69, 9.17) is 9.47 Å². The third-order valence-corrected chi connectivity index (χ3v) is 6.29. The summed E-state index contributed by atoms with van der Waals surface area (Å²) in [6.45, 7) is 1.52. The van der Waals surface area contributed by atoms with Crippen molar-refractivity contribution < 1.29 is 19.1 Å². The minimum Gasteiger partial charge on any atom is -0.495 e. The number of para-hydroxylation sites is 4. The fourth-order valence-corrected chi connectivity index (χ4v) is 4.58. The van der Waals surface area contributed by atoms with Crippen LogP contribution in [0.15, 0.2) is 72.8 Å². The molecule has 34 heavy (non-hydrogen) atoms. The Labute approximate surface area is 198 Å². The molecule has 1 atom stereocenters. The Bertz CT molecular complexity index is 1210. The highest BCUT2D eigenvalue weighted by Gasteiger charge is 2.36. The number of carbonyl (C=O) groups is 2. The number of benzene rings is 3. The molecule has 0 bridgehead atoms. The summed E-state index contributed by atoms with van der Waals surface area (Å²) in [5, 5.41) is 3.50. The SMILES string of the molecule is COc1ccccc1N1C(=O)c2ccccc2N[C@@H]1c1ccccc1OCC(=O)N1CCCC1. The number of hydrogen-bond donors (Lipinski definition) is 1. The molecule has 0 saturated carbocycles. The Balaban J connectivity index is 1.53. The normalized spacial score (nSPS) is 17.2. The molecule has 174 valence electrons. The van der Waals surface area contributed by atoms with E-state index in [0.717, 1.165) is 37.2 Å². The zero-order valence-corrected chi connectivity index (χ0v) is 19.1. The molecule has 3 aromatic rings. The summed E-state index contributed by atoms with van der Waals surface area (Å²) in [5.74, 6) is 0.975. The van der Waals surface area contributed by atoms with Gasteiger partial charge in [0, 0.05) is 24.3 Å². The molecule has 2 amide bonds. The average Bonchev–Trinajstić information content (AvgIpc) is 3.43. The maximum Gasteiger partial charge on any atom is 0.262 e. The molecule has 5 rings (SSSR count). The van der Waals surface area contributed by atoms with Crippen molar-refractivity contribution in [3.8, 4) is 11.5 Å². The second kappa shape index (κ2) is 9.47. The van der Waals surface area contributed by atoms with Crippen LogP contribution in [0.3, 0.4) is 0 Å². The monoisotopic (exact) mass is 457 g/mol. The van der Waals surface area contributed by atoms with Gasteiger partial charge in [-0.15, -0.1) is 0 Å². The van der Waals surface area contributed by atoms with Gasteiger partial charge in [0.1, 0.15) is 17.7 Å². The highest BCUT2D eigenvalue weighted by Crippen LogP contribution is 2.42. The number of amides is 2. The van der Waals surface area contributed by atoms with E-state index in [1.54, 1.807) is 18.1 Å². The first kappa shape index (κ1) is 21.8. The van der Waals surface area contributed by atoms with E-state index in [1.165, 1.54) is 0 Å². The highest BCUT2D eigenvalue weighted by molar-refractivity contribution is 6.12. The van der Waals surface area contributed by atoms with E-state index in [-0.39, 0.29) is 18.4 Å². The van der Waals surface area contributed by atoms with Crippen LogP contribution in [0.1, 0.15) is 34.9 Å². The van der Waals surface area contributed by atoms with E-state index in [9.17, 15) is 9.59 Å². The van der Waals surface area contributed by atoms with Crippen molar-refractivity contribution in [2.24, 2.45) is 0 Å². The van der Waals surface area contributed by atoms with Gasteiger partial charge in [0.2, 0.25) is 0 Å². The zero-order chi connectivity index (χ0) is 23.5. The molecule has 1 N–H and O–H groups in total. The van der Waals surface area contributed by atoms with Gasteiger partial charge in [0.25, 0.3) is 11.8 Å². The largest absolute Gasteiger partial charge is 0.495 e. The number of anilines is 2. The van der Waals surface area contributed by atoms with E-state index in [0.29, 0.717) is 22.7 Å². The molecule has 0 unspecified atom stereocenters. The molecular weight excluding hydrogens is 430 g/mol. The fraction of sp³-hybridized carbons (Fsp3) is 0.259. The summed E-state index contributed by atoms with van der Waals surface area (Å²) in [6.07, 6.45) is 1.50. The number of fused-ring (bicyclic) bond motifs is 1. The van der Waals surface area contributed by atoms with E-state index < -0.39 is 6.17 Å². The van der Waals surface area contributed by atoms with Crippen LogP contribution in [0.2, 0.25) is 0 Å². The van der Waals surface area contributed by atoms with Crippen molar-refractivity contribution in [2.75, 3.05) is 37.0 Å². The molecule has 3 aromatic carbocycles. The lowest BCUT2D eigenvalue weighted by molar-refractivity contribution is -0.132. The van der Waals surface area contributed by atoms with Crippen LogP contribution < -0.4 is 19.7 Å². The molecule has 7 heteroatoms. The molecule has 2 heterocycles. The van der Waals surface area contributed by atoms with Crippen LogP contribution in [0, 0.1) is 0 Å². The van der Waals surface area contributed by atoms with Gasteiger partial charge in [-0.2, -0.15) is 0 Å². The molecule has 0 spiro atoms. The Morgan fingerprint density at radius 3 is 2.41 bits per heavy atom. The molecule has 2 aliphatic rings. The Hall–Kier alpha value is -4.00. The van der Waals surface area contributed by atoms with Gasteiger partial charge < -0.3 is 19.7 Å². The second-order valence-electron chi connectivity index (χ2n) is 8.35. The second-order valence-corrected chi connectivity index (χ2v) is 8.35. The molecule has 0 aliphatic carbocycles. The summed E-state index contributed by atoms with van der Waals surface area (Å²) >= 11 is 0. The van der Waals surface area contributed by atoms with Crippen molar-refractivity contribution in [1.82, 2.24) is 4.90 Å². The minimum absolute atomic E-state index is 0.0214. The summed E-state index contributed by atoms with van der Waals surface area (Å²) in [4.78, 5) is 29.9. The fourth-order valence-electron chi connectivity index (χ4n) is 4.58. The average molecular weight is 458 g/mol. The van der Waals surface area contributed by atoms with Gasteiger partial charge in [-0.1, -0.05) is 42.5 Å². The Morgan fingerprint density at radius 2 is 1.62 bits per heavy atom. The van der Waals surface area contributed by atoms with Gasteiger partial charge in [0.05, 0.1) is 18.4 Å². The summed E-state index contributed by atoms with van der Waals surface area (Å²) < 4.78 is 11.6. The van der Waals surface area contributed by atoms with E-state index in [2.05, 4.69) is 5.32 Å². The number of nitrogens with one attached hydrogen (secondary N) is 1. The van der Waals surface area contributed by atoms with E-state index >= 15 is 0 Å². The maximum atomic E-state index is 13.7. The molecule has 0 aromatic heterocycles. The van der Waals surface area contributed by atoms with Crippen molar-refractivity contribution in [1.29, 1.82) is 0 Å². The number of rotatable bonds is 6. The topological polar surface area (TPSA) is 71.1 Å². The van der Waals surface area contributed by atoms with E-state index in [1.807, 2.05) is 71.6 Å². The molecule has 1 saturated heterocycles. The van der Waals surface area contributed by atoms with Crippen molar-refractivity contribution in [3.63, 3.8) is 0 Å². The predicted molar refractivity (Wildman–Crippen MR) is 130 cm³/mol. The van der Waals surface area contributed by atoms with Crippen LogP contribution in [-0.2, 0) is 4.79 Å². The summed E-state index contributed by atoms with van der Waals surface area (Å²) in [5.41, 5.74) is 2.72. The number of ether oxygens (including phenoxy) is 2. The first-order valence-corrected chi connectivity index (χ1v) is 11.5. The van der Waals surface area contributed by atoms with Crippen molar-refractivity contribution in [2.45, 2.75) is 19.0 Å². The number of nitrogens with zero attached hydrogens (tertiary/aromatic N) is 2. The van der Waals surface area contributed by atoms with Crippen LogP contribution in [0.5, 0.6) is 11.5 Å². The lowest BCUT2D eigenvalue weighted by atomic mass is 10.0. The molecule has 1 fully saturated rings. The van der Waals surface area contributed by atoms with Crippen LogP contribution >= 0.6 is 0 Å². The quantitative estimate of drug-likeness (QED) is 0.592. The Morgan fingerprint density at radius 1 is 0.941 bits per heavy atom. The zero-order valence-electron chi connectivity index (χ0n) is 19.1. The van der Waals surface area contributed by atoms with Gasteiger partial charge in [-0.05, 0) is 43.2 Å². The lowest BCUT2D eigenvalue weighted by Crippen LogP contribution is -2.43. The number of carbonyl (C=O) groups excluding carboxylic acids is 2. The summed E-state index contributed by atoms with van der Waals surface area (Å²) in [7, 11) is 1.59. The van der Waals surface area contributed by atoms with Crippen LogP contribution in [-0.4, -0.2) is 43.5 Å². The maximum absolute atomic E-state index is 13.7. The van der Waals surface area contributed by atoms with Crippen molar-refractivity contribution >= 4 is 23.2 Å². The number of likely N-dealkylation sites (tertiary alicyclic amines) is 1. The lowest BCUT2D eigenvalue weighted by Gasteiger charge is -2.39. The Kier molecular flexibility index (Phi) is 6.08. The summed E-state index contributed by atoms with van der Waals surface area (Å²) in [6, 6.07) is 22.4. The highest BCUT2D eigenvalue weighted by atomic mass is 16.5. The standard InChI is InChI=1S/C27H27N3O4/c1-33-24-15-7-5-13-22(24)30-26(28-21-12-4-2-10-19(21)27(30)32)20-11-3-6-14-23(20)34-18-25(31)29-16-8-9-17-29/h2-7,10-15,26,28H,8-9,16-18H2,1H3/t26-/m0/s1. The number of hydrogen-bond acceptors (Lipinski definition) is 5. The smallest absolute Gasteiger partial charge is 0.262 e. The van der Waals surface area contributed by atoms with Crippen molar-refractivity contribution in [3.05, 3.63) is 83.9 Å². The third-order valence-electron chi connectivity index (χ3n) is 6.29. The third kappa shape index (κ3) is 4.05. The minimum atomic E-state index is -0.559. The van der Waals surface area contributed by atoms with Gasteiger partial charge >= 0.3 is 0 Å². The van der Waals surface area contributed by atoms with Crippen LogP contribution in [0.4, 0.5) is 11.4 Å². The van der Waals surface area contributed by atoms with Crippen LogP contribution in [0.25, 0.3) is 0 Å². The predicted octanol–water partition coefficient (Wildman–Crippen LogP) is 4.47. The molecule has 7 nitrogen and oxygen atoms in total.